The summed E-state index contributed by atoms with van der Waals surface area (Å²) in [5, 5.41) is 0. The van der Waals surface area contributed by atoms with Crippen LogP contribution in [0.15, 0.2) is 0 Å². The summed E-state index contributed by atoms with van der Waals surface area (Å²) in [6.07, 6.45) is 2.55. The van der Waals surface area contributed by atoms with E-state index in [0.717, 1.165) is 54.2 Å². The second-order valence-electron chi connectivity index (χ2n) is 4.55. The molecule has 0 atom stereocenters. The normalized spacial score (nSPS) is 10.7. The molecule has 0 radical (unpaired) electrons. The minimum atomic E-state index is 0.773. The molecular weight excluding hydrogens is 240 g/mol. The van der Waals surface area contributed by atoms with Crippen molar-refractivity contribution in [3.05, 3.63) is 34.9 Å². The van der Waals surface area contributed by atoms with Crippen molar-refractivity contribution in [3.8, 4) is 0 Å². The number of hydrogen-bond acceptors (Lipinski definition) is 6. The van der Waals surface area contributed by atoms with E-state index in [1.54, 1.807) is 0 Å². The molecule has 0 unspecified atom stereocenters. The first-order chi connectivity index (χ1) is 9.02. The summed E-state index contributed by atoms with van der Waals surface area (Å²) in [4.78, 5) is 25.6. The fourth-order valence-electron chi connectivity index (χ4n) is 1.99. The van der Waals surface area contributed by atoms with Crippen LogP contribution in [0, 0.1) is 27.7 Å². The number of aromatic nitrogens is 6. The Morgan fingerprint density at radius 3 is 1.16 bits per heavy atom. The van der Waals surface area contributed by atoms with Crippen LogP contribution < -0.4 is 0 Å². The van der Waals surface area contributed by atoms with Crippen molar-refractivity contribution in [1.82, 2.24) is 29.9 Å². The molecule has 2 aromatic rings. The van der Waals surface area contributed by atoms with Gasteiger partial charge in [-0.05, 0) is 34.1 Å². The lowest BCUT2D eigenvalue weighted by atomic mass is 10.2. The zero-order chi connectivity index (χ0) is 13.8. The Hall–Kier alpha value is -1.98. The second kappa shape index (κ2) is 5.77. The average Bonchev–Trinajstić information content (AvgIpc) is 2.26. The fraction of sp³-hybridized carbons (Fsp3) is 0.538. The molecule has 0 saturated carbocycles. The summed E-state index contributed by atoms with van der Waals surface area (Å²) in [7, 11) is 0. The van der Waals surface area contributed by atoms with Crippen LogP contribution in [0.2, 0.25) is 0 Å². The number of rotatable bonds is 4. The maximum Gasteiger partial charge on any atom is 0.132 e. The Morgan fingerprint density at radius 1 is 0.526 bits per heavy atom. The van der Waals surface area contributed by atoms with E-state index in [1.165, 1.54) is 0 Å². The number of nitrogens with zero attached hydrogens (tertiary/aromatic N) is 6. The molecule has 0 fully saturated rings. The Labute approximate surface area is 112 Å². The van der Waals surface area contributed by atoms with Crippen molar-refractivity contribution in [3.63, 3.8) is 0 Å². The quantitative estimate of drug-likeness (QED) is 0.826. The van der Waals surface area contributed by atoms with E-state index in [0.29, 0.717) is 0 Å². The van der Waals surface area contributed by atoms with Crippen LogP contribution in [0.5, 0.6) is 0 Å². The molecule has 0 aliphatic carbocycles. The van der Waals surface area contributed by atoms with E-state index in [4.69, 9.17) is 0 Å². The second-order valence-corrected chi connectivity index (χ2v) is 4.55. The van der Waals surface area contributed by atoms with Crippen LogP contribution in [0.4, 0.5) is 0 Å². The highest BCUT2D eigenvalue weighted by Gasteiger charge is 2.04. The third kappa shape index (κ3) is 4.01. The smallest absolute Gasteiger partial charge is 0.132 e. The highest BCUT2D eigenvalue weighted by Crippen LogP contribution is 2.03. The minimum absolute atomic E-state index is 0.773. The maximum atomic E-state index is 4.32. The largest absolute Gasteiger partial charge is 0.219 e. The Morgan fingerprint density at radius 2 is 0.842 bits per heavy atom. The molecule has 0 N–H and O–H groups in total. The molecule has 0 aliphatic heterocycles. The van der Waals surface area contributed by atoms with Gasteiger partial charge in [0.15, 0.2) is 0 Å². The molecular formula is C13H18N6. The molecule has 2 rings (SSSR count). The molecule has 0 aliphatic rings. The van der Waals surface area contributed by atoms with Gasteiger partial charge < -0.3 is 0 Å². The molecule has 6 nitrogen and oxygen atoms in total. The van der Waals surface area contributed by atoms with Gasteiger partial charge in [-0.3, -0.25) is 0 Å². The molecule has 2 aromatic heterocycles. The summed E-state index contributed by atoms with van der Waals surface area (Å²) < 4.78 is 0. The van der Waals surface area contributed by atoms with Gasteiger partial charge in [-0.25, -0.2) is 29.9 Å². The van der Waals surface area contributed by atoms with Gasteiger partial charge in [0.05, 0.1) is 0 Å². The first-order valence-electron chi connectivity index (χ1n) is 6.39. The van der Waals surface area contributed by atoms with Crippen molar-refractivity contribution in [1.29, 1.82) is 0 Å². The Bertz CT molecular complexity index is 489. The molecule has 0 aromatic carbocycles. The summed E-state index contributed by atoms with van der Waals surface area (Å²) in [6.45, 7) is 7.54. The number of hydrogen-bond donors (Lipinski definition) is 0. The van der Waals surface area contributed by atoms with Crippen LogP contribution in [0.3, 0.4) is 0 Å². The molecule has 0 bridgehead atoms. The van der Waals surface area contributed by atoms with Crippen LogP contribution >= 0.6 is 0 Å². The van der Waals surface area contributed by atoms with Crippen molar-refractivity contribution in [2.24, 2.45) is 0 Å². The lowest BCUT2D eigenvalue weighted by Gasteiger charge is -2.03. The van der Waals surface area contributed by atoms with Gasteiger partial charge in [-0.1, -0.05) is 0 Å². The minimum Gasteiger partial charge on any atom is -0.219 e. The number of aryl methyl sites for hydroxylation is 6. The summed E-state index contributed by atoms with van der Waals surface area (Å²) in [5.41, 5.74) is 0. The van der Waals surface area contributed by atoms with Crippen molar-refractivity contribution >= 4 is 0 Å². The molecule has 0 saturated heterocycles. The van der Waals surface area contributed by atoms with Gasteiger partial charge >= 0.3 is 0 Å². The van der Waals surface area contributed by atoms with Gasteiger partial charge in [0.1, 0.15) is 34.9 Å². The highest BCUT2D eigenvalue weighted by molar-refractivity contribution is 4.97. The zero-order valence-electron chi connectivity index (χ0n) is 11.8. The van der Waals surface area contributed by atoms with Gasteiger partial charge in [0.2, 0.25) is 0 Å². The van der Waals surface area contributed by atoms with Gasteiger partial charge in [0.25, 0.3) is 0 Å². The average molecular weight is 258 g/mol. The summed E-state index contributed by atoms with van der Waals surface area (Å²) in [5.74, 6) is 4.77. The first-order valence-corrected chi connectivity index (χ1v) is 6.39. The lowest BCUT2D eigenvalue weighted by Crippen LogP contribution is -2.06. The zero-order valence-corrected chi connectivity index (χ0v) is 11.8. The Kier molecular flexibility index (Phi) is 4.09. The summed E-state index contributed by atoms with van der Waals surface area (Å²) in [6, 6.07) is 0. The van der Waals surface area contributed by atoms with Crippen molar-refractivity contribution in [2.45, 2.75) is 47.0 Å². The van der Waals surface area contributed by atoms with E-state index in [2.05, 4.69) is 29.9 Å². The molecule has 100 valence electrons. The lowest BCUT2D eigenvalue weighted by molar-refractivity contribution is 0.704. The van der Waals surface area contributed by atoms with Crippen LogP contribution in [-0.2, 0) is 12.8 Å². The third-order valence-electron chi connectivity index (χ3n) is 2.61. The first kappa shape index (κ1) is 13.5. The van der Waals surface area contributed by atoms with Gasteiger partial charge in [0, 0.05) is 12.8 Å². The SMILES string of the molecule is Cc1nc(C)nc(CCCc2nc(C)nc(C)n2)n1. The molecule has 19 heavy (non-hydrogen) atoms. The van der Waals surface area contributed by atoms with E-state index < -0.39 is 0 Å². The van der Waals surface area contributed by atoms with E-state index in [9.17, 15) is 0 Å². The predicted molar refractivity (Wildman–Crippen MR) is 70.6 cm³/mol. The third-order valence-corrected chi connectivity index (χ3v) is 2.61. The van der Waals surface area contributed by atoms with Gasteiger partial charge in [-0.15, -0.1) is 0 Å². The van der Waals surface area contributed by atoms with Crippen LogP contribution in [-0.4, -0.2) is 29.9 Å². The Balaban J connectivity index is 1.96. The summed E-state index contributed by atoms with van der Waals surface area (Å²) >= 11 is 0. The molecule has 2 heterocycles. The standard InChI is InChI=1S/C13H18N6/c1-8-14-9(2)17-12(16-8)6-5-7-13-18-10(3)15-11(4)19-13/h5-7H2,1-4H3. The van der Waals surface area contributed by atoms with Gasteiger partial charge in [-0.2, -0.15) is 0 Å². The molecule has 0 amide bonds. The van der Waals surface area contributed by atoms with E-state index >= 15 is 0 Å². The molecule has 0 spiro atoms. The van der Waals surface area contributed by atoms with Crippen LogP contribution in [0.1, 0.15) is 41.4 Å². The maximum absolute atomic E-state index is 4.32. The topological polar surface area (TPSA) is 77.3 Å². The van der Waals surface area contributed by atoms with E-state index in [-0.39, 0.29) is 0 Å². The monoisotopic (exact) mass is 258 g/mol. The van der Waals surface area contributed by atoms with Crippen molar-refractivity contribution < 1.29 is 0 Å². The fourth-order valence-corrected chi connectivity index (χ4v) is 1.99. The predicted octanol–water partition coefficient (Wildman–Crippen LogP) is 1.47. The van der Waals surface area contributed by atoms with Crippen molar-refractivity contribution in [2.75, 3.05) is 0 Å². The molecule has 6 heteroatoms. The highest BCUT2D eigenvalue weighted by atomic mass is 15.0. The van der Waals surface area contributed by atoms with E-state index in [1.807, 2.05) is 27.7 Å². The van der Waals surface area contributed by atoms with Crippen LogP contribution in [0.25, 0.3) is 0 Å².